The number of hydrogen-bond acceptors (Lipinski definition) is 5. The molecule has 2 aromatic rings. The van der Waals surface area contributed by atoms with Gasteiger partial charge in [0.2, 0.25) is 5.91 Å². The molecule has 1 amide bonds. The number of aliphatic hydroxyl groups is 1. The fourth-order valence-electron chi connectivity index (χ4n) is 5.06. The number of aliphatic hydroxyl groups excluding tert-OH is 1. The van der Waals surface area contributed by atoms with Crippen molar-refractivity contribution >= 4 is 11.6 Å². The van der Waals surface area contributed by atoms with Crippen LogP contribution < -0.4 is 9.64 Å². The number of likely N-dealkylation sites (N-methyl/N-ethyl adjacent to an activating group) is 2. The van der Waals surface area contributed by atoms with E-state index in [1.807, 2.05) is 43.1 Å². The summed E-state index contributed by atoms with van der Waals surface area (Å²) in [6, 6.07) is 14.5. The molecule has 0 aromatic heterocycles. The van der Waals surface area contributed by atoms with Crippen molar-refractivity contribution < 1.29 is 14.6 Å². The van der Waals surface area contributed by atoms with Gasteiger partial charge in [-0.15, -0.1) is 0 Å². The number of fused-ring (bicyclic) bond motifs is 3. The number of likely N-dealkylation sites (tertiary alicyclic amines) is 1. The molecular weight excluding hydrogens is 378 g/mol. The van der Waals surface area contributed by atoms with Gasteiger partial charge >= 0.3 is 0 Å². The molecule has 1 saturated heterocycles. The number of nitrogens with zero attached hydrogens (tertiary/aromatic N) is 3. The SMILES string of the molecule is COc1ccc(-c2ccc3c(c2)[C@@H]2[C@@H](CCN2C(=O)CN(C)C)[C@H](CO)N3C)cc1. The molecule has 1 fully saturated rings. The van der Waals surface area contributed by atoms with E-state index in [0.29, 0.717) is 6.54 Å². The van der Waals surface area contributed by atoms with Crippen LogP contribution in [0.15, 0.2) is 42.5 Å². The van der Waals surface area contributed by atoms with Crippen LogP contribution in [0.5, 0.6) is 5.75 Å². The summed E-state index contributed by atoms with van der Waals surface area (Å²) in [5.74, 6) is 1.21. The Morgan fingerprint density at radius 1 is 1.17 bits per heavy atom. The van der Waals surface area contributed by atoms with E-state index in [1.54, 1.807) is 7.11 Å². The monoisotopic (exact) mass is 409 g/mol. The average Bonchev–Trinajstić information content (AvgIpc) is 3.18. The second kappa shape index (κ2) is 8.28. The number of carbonyl (C=O) groups is 1. The first-order valence-electron chi connectivity index (χ1n) is 10.5. The minimum absolute atomic E-state index is 0.000927. The van der Waals surface area contributed by atoms with Crippen molar-refractivity contribution in [1.82, 2.24) is 9.80 Å². The molecule has 3 atom stereocenters. The molecule has 2 heterocycles. The van der Waals surface area contributed by atoms with Crippen LogP contribution in [-0.4, -0.2) is 74.8 Å². The highest BCUT2D eigenvalue weighted by molar-refractivity contribution is 5.80. The fourth-order valence-corrected chi connectivity index (χ4v) is 5.06. The third-order valence-corrected chi connectivity index (χ3v) is 6.54. The Kier molecular flexibility index (Phi) is 5.71. The minimum Gasteiger partial charge on any atom is -0.497 e. The lowest BCUT2D eigenvalue weighted by atomic mass is 9.81. The summed E-state index contributed by atoms with van der Waals surface area (Å²) < 4.78 is 5.28. The van der Waals surface area contributed by atoms with Crippen molar-refractivity contribution in [2.45, 2.75) is 18.5 Å². The van der Waals surface area contributed by atoms with Gasteiger partial charge in [0.05, 0.1) is 32.3 Å². The van der Waals surface area contributed by atoms with Crippen molar-refractivity contribution in [3.8, 4) is 16.9 Å². The van der Waals surface area contributed by atoms with Crippen molar-refractivity contribution in [1.29, 1.82) is 0 Å². The van der Waals surface area contributed by atoms with Crippen LogP contribution in [0.2, 0.25) is 0 Å². The molecule has 2 aliphatic heterocycles. The lowest BCUT2D eigenvalue weighted by molar-refractivity contribution is -0.133. The smallest absolute Gasteiger partial charge is 0.237 e. The first-order valence-corrected chi connectivity index (χ1v) is 10.5. The van der Waals surface area contributed by atoms with Gasteiger partial charge in [0.1, 0.15) is 5.75 Å². The highest BCUT2D eigenvalue weighted by Gasteiger charge is 2.47. The van der Waals surface area contributed by atoms with Gasteiger partial charge in [0.25, 0.3) is 0 Å². The zero-order valence-corrected chi connectivity index (χ0v) is 18.2. The van der Waals surface area contributed by atoms with Crippen molar-refractivity contribution in [2.75, 3.05) is 52.8 Å². The third-order valence-electron chi connectivity index (χ3n) is 6.54. The van der Waals surface area contributed by atoms with Gasteiger partial charge in [0, 0.05) is 25.2 Å². The summed E-state index contributed by atoms with van der Waals surface area (Å²) in [5, 5.41) is 10.1. The molecule has 0 saturated carbocycles. The molecule has 4 rings (SSSR count). The third kappa shape index (κ3) is 3.55. The summed E-state index contributed by atoms with van der Waals surface area (Å²) in [5.41, 5.74) is 4.51. The summed E-state index contributed by atoms with van der Waals surface area (Å²) in [7, 11) is 7.56. The first kappa shape index (κ1) is 20.7. The number of amides is 1. The van der Waals surface area contributed by atoms with Crippen LogP contribution in [0, 0.1) is 5.92 Å². The first-order chi connectivity index (χ1) is 14.4. The molecule has 2 aliphatic rings. The van der Waals surface area contributed by atoms with Crippen molar-refractivity contribution in [2.24, 2.45) is 5.92 Å². The van der Waals surface area contributed by atoms with Crippen LogP contribution >= 0.6 is 0 Å². The van der Waals surface area contributed by atoms with Crippen LogP contribution in [0.3, 0.4) is 0 Å². The van der Waals surface area contributed by atoms with E-state index in [-0.39, 0.29) is 30.5 Å². The normalized spacial score (nSPS) is 22.8. The lowest BCUT2D eigenvalue weighted by Crippen LogP contribution is -2.49. The van der Waals surface area contributed by atoms with Crippen molar-refractivity contribution in [3.05, 3.63) is 48.0 Å². The molecule has 6 nitrogen and oxygen atoms in total. The number of carbonyl (C=O) groups excluding carboxylic acids is 1. The quantitative estimate of drug-likeness (QED) is 0.823. The summed E-state index contributed by atoms with van der Waals surface area (Å²) in [4.78, 5) is 19.1. The molecule has 0 aliphatic carbocycles. The van der Waals surface area contributed by atoms with E-state index in [9.17, 15) is 9.90 Å². The van der Waals surface area contributed by atoms with Gasteiger partial charge < -0.3 is 24.5 Å². The Balaban J connectivity index is 1.76. The number of anilines is 1. The average molecular weight is 410 g/mol. The molecule has 2 aromatic carbocycles. The number of methoxy groups -OCH3 is 1. The number of ether oxygens (including phenoxy) is 1. The molecular formula is C24H31N3O3. The Morgan fingerprint density at radius 2 is 1.87 bits per heavy atom. The number of benzene rings is 2. The summed E-state index contributed by atoms with van der Waals surface area (Å²) in [6.45, 7) is 1.22. The topological polar surface area (TPSA) is 56.3 Å². The van der Waals surface area contributed by atoms with Crippen molar-refractivity contribution in [3.63, 3.8) is 0 Å². The van der Waals surface area contributed by atoms with Crippen LogP contribution in [0.4, 0.5) is 5.69 Å². The Labute approximate surface area is 178 Å². The zero-order valence-electron chi connectivity index (χ0n) is 18.2. The van der Waals surface area contributed by atoms with E-state index in [0.717, 1.165) is 35.5 Å². The molecule has 0 unspecified atom stereocenters. The second-order valence-corrected chi connectivity index (χ2v) is 8.59. The van der Waals surface area contributed by atoms with Gasteiger partial charge in [-0.05, 0) is 61.5 Å². The maximum atomic E-state index is 13.0. The van der Waals surface area contributed by atoms with Crippen LogP contribution in [0.1, 0.15) is 18.0 Å². The predicted octanol–water partition coefficient (Wildman–Crippen LogP) is 2.62. The number of hydrogen-bond donors (Lipinski definition) is 1. The van der Waals surface area contributed by atoms with Crippen LogP contribution in [0.25, 0.3) is 11.1 Å². The highest BCUT2D eigenvalue weighted by atomic mass is 16.5. The molecule has 160 valence electrons. The Hall–Kier alpha value is -2.57. The van der Waals surface area contributed by atoms with Gasteiger partial charge in [-0.3, -0.25) is 4.79 Å². The molecule has 6 heteroatoms. The maximum absolute atomic E-state index is 13.0. The standard InChI is InChI=1S/C24H31N3O3/c1-25(2)14-23(29)27-12-11-19-22(15-28)26(3)21-10-7-17(13-20(21)24(19)27)16-5-8-18(30-4)9-6-16/h5-10,13,19,22,24,28H,11-12,14-15H2,1-4H3/t19-,22-,24-/m0/s1. The largest absolute Gasteiger partial charge is 0.497 e. The van der Waals surface area contributed by atoms with E-state index >= 15 is 0 Å². The Morgan fingerprint density at radius 3 is 2.50 bits per heavy atom. The molecule has 0 bridgehead atoms. The summed E-state index contributed by atoms with van der Waals surface area (Å²) in [6.07, 6.45) is 0.908. The van der Waals surface area contributed by atoms with E-state index in [1.165, 1.54) is 5.56 Å². The molecule has 30 heavy (non-hydrogen) atoms. The fraction of sp³-hybridized carbons (Fsp3) is 0.458. The highest BCUT2D eigenvalue weighted by Crippen LogP contribution is 2.49. The Bertz CT molecular complexity index is 912. The zero-order chi connectivity index (χ0) is 21.4. The van der Waals surface area contributed by atoms with E-state index < -0.39 is 0 Å². The minimum atomic E-state index is -0.000927. The number of rotatable bonds is 5. The lowest BCUT2D eigenvalue weighted by Gasteiger charge is -2.44. The summed E-state index contributed by atoms with van der Waals surface area (Å²) >= 11 is 0. The van der Waals surface area contributed by atoms with Gasteiger partial charge in [-0.1, -0.05) is 18.2 Å². The van der Waals surface area contributed by atoms with E-state index in [2.05, 4.69) is 35.2 Å². The molecule has 0 radical (unpaired) electrons. The molecule has 1 N–H and O–H groups in total. The van der Waals surface area contributed by atoms with Gasteiger partial charge in [-0.25, -0.2) is 0 Å². The second-order valence-electron chi connectivity index (χ2n) is 8.59. The predicted molar refractivity (Wildman–Crippen MR) is 119 cm³/mol. The van der Waals surface area contributed by atoms with E-state index in [4.69, 9.17) is 4.74 Å². The van der Waals surface area contributed by atoms with Gasteiger partial charge in [0.15, 0.2) is 0 Å². The molecule has 0 spiro atoms. The van der Waals surface area contributed by atoms with Crippen LogP contribution in [-0.2, 0) is 4.79 Å². The van der Waals surface area contributed by atoms with Gasteiger partial charge in [-0.2, -0.15) is 0 Å². The maximum Gasteiger partial charge on any atom is 0.237 e.